The van der Waals surface area contributed by atoms with Gasteiger partial charge in [0.1, 0.15) is 22.5 Å². The number of anilines is 3. The minimum atomic E-state index is 0.192. The topological polar surface area (TPSA) is 97.4 Å². The molecule has 0 N–H and O–H groups in total. The largest absolute Gasteiger partial charge is 0.369 e. The van der Waals surface area contributed by atoms with Crippen molar-refractivity contribution in [3.05, 3.63) is 47.0 Å². The smallest absolute Gasteiger partial charge is 0.225 e. The van der Waals surface area contributed by atoms with E-state index in [1.165, 1.54) is 16.9 Å². The average molecular weight is 596 g/mol. The van der Waals surface area contributed by atoms with Gasteiger partial charge in [-0.1, -0.05) is 41.2 Å². The van der Waals surface area contributed by atoms with E-state index in [0.717, 1.165) is 79.7 Å². The number of nitrogens with zero attached hydrogens (tertiary/aromatic N) is 9. The normalized spacial score (nSPS) is 18.5. The fourth-order valence-corrected chi connectivity index (χ4v) is 7.69. The Balaban J connectivity index is 1.09. The Hall–Kier alpha value is -4.01. The molecular weight excluding hydrogens is 558 g/mol. The molecule has 0 bridgehead atoms. The van der Waals surface area contributed by atoms with Crippen LogP contribution in [0.2, 0.25) is 0 Å². The van der Waals surface area contributed by atoms with E-state index in [9.17, 15) is 10.1 Å². The molecule has 11 heteroatoms. The molecule has 0 radical (unpaired) electrons. The van der Waals surface area contributed by atoms with Gasteiger partial charge in [0, 0.05) is 56.7 Å². The van der Waals surface area contributed by atoms with Crippen molar-refractivity contribution in [3.8, 4) is 17.3 Å². The van der Waals surface area contributed by atoms with Crippen LogP contribution in [0.25, 0.3) is 22.3 Å². The van der Waals surface area contributed by atoms with Gasteiger partial charge in [-0.2, -0.15) is 10.4 Å². The van der Waals surface area contributed by atoms with E-state index in [0.29, 0.717) is 28.7 Å². The second-order valence-corrected chi connectivity index (χ2v) is 13.5. The number of piperidine rings is 1. The Morgan fingerprint density at radius 1 is 1.16 bits per heavy atom. The standard InChI is InChI=1S/C32H37N9OS/c1-5-41-29(38(4)31-35-27(26(15-33)43-31)22-8-6-21(2)7-9-22)25-14-24(16-34-28(25)36-41)39-17-32(18-39)19-40(20-32)30(42)23-10-12-37(3)13-11-23/h6-9,14,16,23H,5,10-13,17-20H2,1-4H3. The van der Waals surface area contributed by atoms with Gasteiger partial charge in [0.25, 0.3) is 0 Å². The van der Waals surface area contributed by atoms with Crippen LogP contribution in [0.15, 0.2) is 36.5 Å². The van der Waals surface area contributed by atoms with Crippen molar-refractivity contribution in [2.24, 2.45) is 11.3 Å². The van der Waals surface area contributed by atoms with Crippen LogP contribution in [0.4, 0.5) is 16.6 Å². The van der Waals surface area contributed by atoms with Crippen LogP contribution >= 0.6 is 11.3 Å². The number of likely N-dealkylation sites (tertiary alicyclic amines) is 2. The predicted molar refractivity (Wildman–Crippen MR) is 170 cm³/mol. The van der Waals surface area contributed by atoms with Gasteiger partial charge in [-0.25, -0.2) is 14.6 Å². The van der Waals surface area contributed by atoms with Crippen molar-refractivity contribution >= 4 is 44.9 Å². The summed E-state index contributed by atoms with van der Waals surface area (Å²) < 4.78 is 1.95. The van der Waals surface area contributed by atoms with Gasteiger partial charge < -0.3 is 19.6 Å². The summed E-state index contributed by atoms with van der Waals surface area (Å²) in [7, 11) is 4.12. The van der Waals surface area contributed by atoms with Crippen LogP contribution in [0.1, 0.15) is 30.2 Å². The zero-order valence-electron chi connectivity index (χ0n) is 25.2. The highest BCUT2D eigenvalue weighted by molar-refractivity contribution is 7.16. The van der Waals surface area contributed by atoms with E-state index in [-0.39, 0.29) is 11.3 Å². The van der Waals surface area contributed by atoms with E-state index in [1.807, 2.05) is 54.0 Å². The number of hydrogen-bond donors (Lipinski definition) is 0. The third-order valence-corrected chi connectivity index (χ3v) is 10.4. The Labute approximate surface area is 256 Å². The molecule has 3 saturated heterocycles. The minimum Gasteiger partial charge on any atom is -0.369 e. The number of aryl methyl sites for hydroxylation is 2. The first-order valence-electron chi connectivity index (χ1n) is 15.1. The molecule has 43 heavy (non-hydrogen) atoms. The van der Waals surface area contributed by atoms with E-state index < -0.39 is 0 Å². The first kappa shape index (κ1) is 27.8. The number of thiazole rings is 1. The highest BCUT2D eigenvalue weighted by atomic mass is 32.1. The zero-order valence-corrected chi connectivity index (χ0v) is 26.1. The summed E-state index contributed by atoms with van der Waals surface area (Å²) in [6.45, 7) is 10.4. The van der Waals surface area contributed by atoms with E-state index in [2.05, 4.69) is 40.8 Å². The lowest BCUT2D eigenvalue weighted by molar-refractivity contribution is -0.151. The molecule has 0 aliphatic carbocycles. The number of carbonyl (C=O) groups excluding carboxylic acids is 1. The number of fused-ring (bicyclic) bond motifs is 1. The SMILES string of the molecule is CCn1nc2ncc(N3CC4(CN(C(=O)C5CCN(C)CC5)C4)C3)cc2c1N(C)c1nc(-c2ccc(C)cc2)c(C#N)s1. The van der Waals surface area contributed by atoms with Crippen molar-refractivity contribution in [2.75, 3.05) is 63.2 Å². The van der Waals surface area contributed by atoms with E-state index in [4.69, 9.17) is 15.1 Å². The summed E-state index contributed by atoms with van der Waals surface area (Å²) in [5, 5.41) is 16.4. The van der Waals surface area contributed by atoms with Gasteiger partial charge in [-0.15, -0.1) is 0 Å². The van der Waals surface area contributed by atoms with Crippen LogP contribution in [0, 0.1) is 29.6 Å². The van der Waals surface area contributed by atoms with E-state index in [1.54, 1.807) is 0 Å². The van der Waals surface area contributed by atoms with Crippen LogP contribution in [-0.2, 0) is 11.3 Å². The third-order valence-electron chi connectivity index (χ3n) is 9.35. The lowest BCUT2D eigenvalue weighted by Crippen LogP contribution is -2.73. The maximum Gasteiger partial charge on any atom is 0.225 e. The van der Waals surface area contributed by atoms with Crippen molar-refractivity contribution < 1.29 is 4.79 Å². The van der Waals surface area contributed by atoms with Crippen LogP contribution in [-0.4, -0.2) is 88.8 Å². The molecule has 0 unspecified atom stereocenters. The monoisotopic (exact) mass is 595 g/mol. The van der Waals surface area contributed by atoms with Gasteiger partial charge in [0.2, 0.25) is 5.91 Å². The molecule has 4 aromatic rings. The third kappa shape index (κ3) is 4.82. The molecular formula is C32H37N9OS. The molecule has 7 rings (SSSR count). The van der Waals surface area contributed by atoms with E-state index >= 15 is 0 Å². The maximum atomic E-state index is 13.0. The minimum absolute atomic E-state index is 0.192. The molecule has 3 aliphatic heterocycles. The summed E-state index contributed by atoms with van der Waals surface area (Å²) in [6, 6.07) is 12.6. The second kappa shape index (κ2) is 10.6. The van der Waals surface area contributed by atoms with Gasteiger partial charge in [0.15, 0.2) is 10.8 Å². The van der Waals surface area contributed by atoms with Gasteiger partial charge in [-0.3, -0.25) is 4.79 Å². The summed E-state index contributed by atoms with van der Waals surface area (Å²) in [4.78, 5) is 32.1. The number of hydrogen-bond acceptors (Lipinski definition) is 9. The van der Waals surface area contributed by atoms with Crippen molar-refractivity contribution in [1.82, 2.24) is 29.5 Å². The zero-order chi connectivity index (χ0) is 29.9. The van der Waals surface area contributed by atoms with Crippen molar-refractivity contribution in [1.29, 1.82) is 5.26 Å². The van der Waals surface area contributed by atoms with Crippen LogP contribution in [0.3, 0.4) is 0 Å². The molecule has 0 atom stereocenters. The molecule has 3 fully saturated rings. The first-order valence-corrected chi connectivity index (χ1v) is 15.9. The molecule has 3 aliphatic rings. The molecule has 10 nitrogen and oxygen atoms in total. The van der Waals surface area contributed by atoms with Gasteiger partial charge in [-0.05, 0) is 52.9 Å². The average Bonchev–Trinajstić information content (AvgIpc) is 3.57. The summed E-state index contributed by atoms with van der Waals surface area (Å²) in [6.07, 6.45) is 3.87. The number of pyridine rings is 1. The quantitative estimate of drug-likeness (QED) is 0.321. The predicted octanol–water partition coefficient (Wildman–Crippen LogP) is 4.51. The van der Waals surface area contributed by atoms with Crippen molar-refractivity contribution in [3.63, 3.8) is 0 Å². The highest BCUT2D eigenvalue weighted by Crippen LogP contribution is 2.44. The molecule has 0 saturated carbocycles. The number of amides is 1. The van der Waals surface area contributed by atoms with Crippen LogP contribution < -0.4 is 9.80 Å². The maximum absolute atomic E-state index is 13.0. The Morgan fingerprint density at radius 3 is 2.56 bits per heavy atom. The number of rotatable bonds is 6. The molecule has 3 aromatic heterocycles. The lowest BCUT2D eigenvalue weighted by atomic mass is 9.72. The number of carbonyl (C=O) groups is 1. The van der Waals surface area contributed by atoms with Gasteiger partial charge in [0.05, 0.1) is 17.3 Å². The van der Waals surface area contributed by atoms with Gasteiger partial charge >= 0.3 is 0 Å². The molecule has 1 spiro atoms. The first-order chi connectivity index (χ1) is 20.8. The number of nitriles is 1. The van der Waals surface area contributed by atoms with Crippen molar-refractivity contribution in [2.45, 2.75) is 33.2 Å². The second-order valence-electron chi connectivity index (χ2n) is 12.5. The Morgan fingerprint density at radius 2 is 1.88 bits per heavy atom. The molecule has 222 valence electrons. The fourth-order valence-electron chi connectivity index (χ4n) is 6.84. The Kier molecular flexibility index (Phi) is 6.86. The highest BCUT2D eigenvalue weighted by Gasteiger charge is 2.54. The lowest BCUT2D eigenvalue weighted by Gasteiger charge is -2.61. The summed E-state index contributed by atoms with van der Waals surface area (Å²) in [5.74, 6) is 1.46. The number of benzene rings is 1. The molecule has 1 amide bonds. The summed E-state index contributed by atoms with van der Waals surface area (Å²) in [5.41, 5.74) is 4.77. The molecule has 1 aromatic carbocycles. The Bertz CT molecular complexity index is 1710. The summed E-state index contributed by atoms with van der Waals surface area (Å²) >= 11 is 1.39. The van der Waals surface area contributed by atoms with Crippen LogP contribution in [0.5, 0.6) is 0 Å². The fraction of sp³-hybridized carbons (Fsp3) is 0.469. The number of aromatic nitrogens is 4. The molecule has 6 heterocycles.